The van der Waals surface area contributed by atoms with Crippen molar-refractivity contribution in [2.24, 2.45) is 0 Å². The molecule has 1 N–H and O–H groups in total. The maximum absolute atomic E-state index is 11.7. The molecule has 0 aliphatic heterocycles. The van der Waals surface area contributed by atoms with Crippen LogP contribution in [0.2, 0.25) is 5.02 Å². The molecule has 0 bridgehead atoms. The highest BCUT2D eigenvalue weighted by Crippen LogP contribution is 2.19. The van der Waals surface area contributed by atoms with Crippen LogP contribution in [0.15, 0.2) is 59.5 Å². The zero-order valence-corrected chi connectivity index (χ0v) is 16.4. The number of thioether (sulfide) groups is 1. The van der Waals surface area contributed by atoms with E-state index in [2.05, 4.69) is 5.32 Å². The predicted octanol–water partition coefficient (Wildman–Crippen LogP) is 3.81. The van der Waals surface area contributed by atoms with Crippen molar-refractivity contribution in [3.05, 3.63) is 65.2 Å². The van der Waals surface area contributed by atoms with E-state index in [9.17, 15) is 9.59 Å². The minimum Gasteiger partial charge on any atom is -0.497 e. The summed E-state index contributed by atoms with van der Waals surface area (Å²) in [5.41, 5.74) is 0.830. The fourth-order valence-electron chi connectivity index (χ4n) is 2.01. The molecule has 0 atom stereocenters. The van der Waals surface area contributed by atoms with Crippen LogP contribution in [0.25, 0.3) is 6.08 Å². The van der Waals surface area contributed by atoms with Crippen LogP contribution in [-0.2, 0) is 14.3 Å². The van der Waals surface area contributed by atoms with Gasteiger partial charge >= 0.3 is 5.97 Å². The number of benzene rings is 2. The summed E-state index contributed by atoms with van der Waals surface area (Å²) in [5, 5.41) is 3.40. The quantitative estimate of drug-likeness (QED) is 0.297. The number of hydrogen-bond acceptors (Lipinski definition) is 5. The first-order chi connectivity index (χ1) is 13.1. The summed E-state index contributed by atoms with van der Waals surface area (Å²) >= 11 is 7.43. The minimum absolute atomic E-state index is 0.308. The number of methoxy groups -OCH3 is 1. The van der Waals surface area contributed by atoms with Gasteiger partial charge in [-0.1, -0.05) is 23.7 Å². The van der Waals surface area contributed by atoms with Crippen LogP contribution in [-0.4, -0.2) is 37.9 Å². The van der Waals surface area contributed by atoms with E-state index < -0.39 is 5.97 Å². The molecular weight excluding hydrogens is 386 g/mol. The van der Waals surface area contributed by atoms with E-state index in [1.54, 1.807) is 37.1 Å². The van der Waals surface area contributed by atoms with E-state index in [0.29, 0.717) is 17.3 Å². The molecule has 2 aromatic carbocycles. The molecule has 0 saturated carbocycles. The molecule has 2 rings (SSSR count). The number of ether oxygens (including phenoxy) is 2. The van der Waals surface area contributed by atoms with Gasteiger partial charge in [-0.15, -0.1) is 11.8 Å². The van der Waals surface area contributed by atoms with Gasteiger partial charge in [0.15, 0.2) is 6.61 Å². The molecule has 1 amide bonds. The van der Waals surface area contributed by atoms with Crippen molar-refractivity contribution in [1.29, 1.82) is 0 Å². The van der Waals surface area contributed by atoms with E-state index in [1.807, 2.05) is 36.4 Å². The summed E-state index contributed by atoms with van der Waals surface area (Å²) in [6, 6.07) is 14.7. The third-order valence-electron chi connectivity index (χ3n) is 3.38. The zero-order valence-electron chi connectivity index (χ0n) is 14.8. The maximum Gasteiger partial charge on any atom is 0.331 e. The third kappa shape index (κ3) is 8.19. The van der Waals surface area contributed by atoms with E-state index >= 15 is 0 Å². The van der Waals surface area contributed by atoms with Crippen LogP contribution in [0.1, 0.15) is 5.56 Å². The molecule has 27 heavy (non-hydrogen) atoms. The number of hydrogen-bond donors (Lipinski definition) is 1. The minimum atomic E-state index is -0.573. The smallest absolute Gasteiger partial charge is 0.331 e. The van der Waals surface area contributed by atoms with E-state index in [1.165, 1.54) is 6.08 Å². The normalized spacial score (nSPS) is 10.6. The molecule has 0 aliphatic rings. The van der Waals surface area contributed by atoms with Crippen LogP contribution in [0.3, 0.4) is 0 Å². The standard InChI is InChI=1S/C20H20ClNO4S/c1-25-17-7-2-15(3-8-17)4-11-20(24)26-14-19(23)22-12-13-27-18-9-5-16(21)6-10-18/h2-11H,12-14H2,1H3,(H,22,23)/b11-4+. The molecule has 0 spiro atoms. The molecule has 0 heterocycles. The summed E-state index contributed by atoms with van der Waals surface area (Å²) in [6.45, 7) is 0.169. The number of carbonyl (C=O) groups is 2. The Morgan fingerprint density at radius 3 is 2.48 bits per heavy atom. The molecule has 0 fully saturated rings. The second-order valence-corrected chi connectivity index (χ2v) is 6.97. The highest BCUT2D eigenvalue weighted by atomic mass is 35.5. The summed E-state index contributed by atoms with van der Waals surface area (Å²) in [5.74, 6) is 0.536. The Balaban J connectivity index is 1.61. The van der Waals surface area contributed by atoms with Crippen molar-refractivity contribution >= 4 is 41.3 Å². The molecule has 0 radical (unpaired) electrons. The average Bonchev–Trinajstić information content (AvgIpc) is 2.69. The van der Waals surface area contributed by atoms with Crippen LogP contribution in [0.4, 0.5) is 0 Å². The lowest BCUT2D eigenvalue weighted by atomic mass is 10.2. The first kappa shape index (κ1) is 20.9. The van der Waals surface area contributed by atoms with E-state index in [-0.39, 0.29) is 12.5 Å². The monoisotopic (exact) mass is 405 g/mol. The van der Waals surface area contributed by atoms with Gasteiger partial charge in [-0.3, -0.25) is 4.79 Å². The molecule has 0 saturated heterocycles. The largest absolute Gasteiger partial charge is 0.497 e. The lowest BCUT2D eigenvalue weighted by Gasteiger charge is -2.05. The lowest BCUT2D eigenvalue weighted by molar-refractivity contribution is -0.143. The highest BCUT2D eigenvalue weighted by Gasteiger charge is 2.04. The number of amides is 1. The van der Waals surface area contributed by atoms with Crippen molar-refractivity contribution in [3.8, 4) is 5.75 Å². The molecule has 5 nitrogen and oxygen atoms in total. The van der Waals surface area contributed by atoms with Gasteiger partial charge in [0.2, 0.25) is 0 Å². The Morgan fingerprint density at radius 1 is 1.11 bits per heavy atom. The molecule has 7 heteroatoms. The molecule has 142 valence electrons. The van der Waals surface area contributed by atoms with Crippen molar-refractivity contribution in [1.82, 2.24) is 5.32 Å². The van der Waals surface area contributed by atoms with Crippen molar-refractivity contribution < 1.29 is 19.1 Å². The van der Waals surface area contributed by atoms with Gasteiger partial charge in [-0.25, -0.2) is 4.79 Å². The molecule has 0 aliphatic carbocycles. The summed E-state index contributed by atoms with van der Waals surface area (Å²) < 4.78 is 9.98. The van der Waals surface area contributed by atoms with Crippen LogP contribution < -0.4 is 10.1 Å². The molecular formula is C20H20ClNO4S. The fourth-order valence-corrected chi connectivity index (χ4v) is 2.90. The van der Waals surface area contributed by atoms with Gasteiger partial charge in [0, 0.05) is 28.3 Å². The van der Waals surface area contributed by atoms with Gasteiger partial charge in [-0.05, 0) is 48.0 Å². The Morgan fingerprint density at radius 2 is 1.81 bits per heavy atom. The third-order valence-corrected chi connectivity index (χ3v) is 4.65. The second-order valence-electron chi connectivity index (χ2n) is 5.37. The Hall–Kier alpha value is -2.44. The van der Waals surface area contributed by atoms with Crippen LogP contribution in [0.5, 0.6) is 5.75 Å². The van der Waals surface area contributed by atoms with Crippen molar-refractivity contribution in [3.63, 3.8) is 0 Å². The summed E-state index contributed by atoms with van der Waals surface area (Å²) in [7, 11) is 1.59. The first-order valence-electron chi connectivity index (χ1n) is 8.21. The SMILES string of the molecule is COc1ccc(/C=C/C(=O)OCC(=O)NCCSc2ccc(Cl)cc2)cc1. The van der Waals surface area contributed by atoms with Gasteiger partial charge in [0.25, 0.3) is 5.91 Å². The van der Waals surface area contributed by atoms with Crippen LogP contribution >= 0.6 is 23.4 Å². The number of esters is 1. The van der Waals surface area contributed by atoms with Gasteiger partial charge in [0.1, 0.15) is 5.75 Å². The first-order valence-corrected chi connectivity index (χ1v) is 9.57. The molecule has 0 unspecified atom stereocenters. The Kier molecular flexibility index (Phi) is 8.74. The lowest BCUT2D eigenvalue weighted by Crippen LogP contribution is -2.30. The Bertz CT molecular complexity index is 776. The summed E-state index contributed by atoms with van der Waals surface area (Å²) in [6.07, 6.45) is 2.90. The van der Waals surface area contributed by atoms with Crippen molar-refractivity contribution in [2.75, 3.05) is 26.0 Å². The molecule has 0 aromatic heterocycles. The van der Waals surface area contributed by atoms with E-state index in [4.69, 9.17) is 21.1 Å². The maximum atomic E-state index is 11.7. The van der Waals surface area contributed by atoms with Crippen LogP contribution in [0, 0.1) is 0 Å². The van der Waals surface area contributed by atoms with Gasteiger partial charge in [-0.2, -0.15) is 0 Å². The number of nitrogens with one attached hydrogen (secondary N) is 1. The van der Waals surface area contributed by atoms with Gasteiger partial charge in [0.05, 0.1) is 7.11 Å². The molecule has 2 aromatic rings. The number of rotatable bonds is 9. The summed E-state index contributed by atoms with van der Waals surface area (Å²) in [4.78, 5) is 24.4. The topological polar surface area (TPSA) is 64.6 Å². The van der Waals surface area contributed by atoms with Gasteiger partial charge < -0.3 is 14.8 Å². The number of halogens is 1. The average molecular weight is 406 g/mol. The van der Waals surface area contributed by atoms with E-state index in [0.717, 1.165) is 16.2 Å². The number of carbonyl (C=O) groups excluding carboxylic acids is 2. The fraction of sp³-hybridized carbons (Fsp3) is 0.200. The zero-order chi connectivity index (χ0) is 19.5. The highest BCUT2D eigenvalue weighted by molar-refractivity contribution is 7.99. The Labute approximate surface area is 167 Å². The van der Waals surface area contributed by atoms with Crippen molar-refractivity contribution in [2.45, 2.75) is 4.90 Å². The predicted molar refractivity (Wildman–Crippen MR) is 108 cm³/mol. The second kappa shape index (κ2) is 11.3.